The van der Waals surface area contributed by atoms with Crippen LogP contribution in [0.25, 0.3) is 10.8 Å². The molecule has 2 radical (unpaired) electrons. The van der Waals surface area contributed by atoms with Crippen molar-refractivity contribution in [2.24, 2.45) is 0 Å². The molecule has 2 aromatic carbocycles. The Morgan fingerprint density at radius 3 is 2.67 bits per heavy atom. The fourth-order valence-corrected chi connectivity index (χ4v) is 5.29. The SMILES string of the molecule is C[CH](C)[Sn][c]1cccc2cc(Cl)ccc12. The second-order valence-electron chi connectivity index (χ2n) is 3.97. The van der Waals surface area contributed by atoms with Crippen LogP contribution in [-0.4, -0.2) is 21.1 Å². The number of fused-ring (bicyclic) bond motifs is 1. The molecule has 15 heavy (non-hydrogen) atoms. The van der Waals surface area contributed by atoms with Gasteiger partial charge in [-0.2, -0.15) is 0 Å². The van der Waals surface area contributed by atoms with Crippen LogP contribution in [0.5, 0.6) is 0 Å². The molecule has 2 aromatic rings. The summed E-state index contributed by atoms with van der Waals surface area (Å²) >= 11 is 5.55. The van der Waals surface area contributed by atoms with Crippen LogP contribution in [0.2, 0.25) is 8.96 Å². The summed E-state index contributed by atoms with van der Waals surface area (Å²) in [7, 11) is 0. The van der Waals surface area contributed by atoms with Gasteiger partial charge in [0.25, 0.3) is 0 Å². The van der Waals surface area contributed by atoms with Gasteiger partial charge in [0, 0.05) is 0 Å². The van der Waals surface area contributed by atoms with E-state index in [1.807, 2.05) is 6.07 Å². The number of halogens is 1. The Hall–Kier alpha value is -0.211. The first kappa shape index (κ1) is 11.3. The molecule has 0 bridgehead atoms. The summed E-state index contributed by atoms with van der Waals surface area (Å²) in [5, 5.41) is 3.51. The van der Waals surface area contributed by atoms with E-state index in [2.05, 4.69) is 44.2 Å². The van der Waals surface area contributed by atoms with Crippen LogP contribution in [0.4, 0.5) is 0 Å². The van der Waals surface area contributed by atoms with E-state index in [9.17, 15) is 0 Å². The van der Waals surface area contributed by atoms with Gasteiger partial charge < -0.3 is 0 Å². The van der Waals surface area contributed by atoms with Crippen LogP contribution in [0.15, 0.2) is 36.4 Å². The second kappa shape index (κ2) is 4.75. The van der Waals surface area contributed by atoms with E-state index in [0.29, 0.717) is 0 Å². The summed E-state index contributed by atoms with van der Waals surface area (Å²) < 4.78 is 2.44. The van der Waals surface area contributed by atoms with E-state index in [1.165, 1.54) is 10.8 Å². The summed E-state index contributed by atoms with van der Waals surface area (Å²) in [6.45, 7) is 4.64. The second-order valence-corrected chi connectivity index (χ2v) is 10.1. The van der Waals surface area contributed by atoms with Crippen molar-refractivity contribution in [3.05, 3.63) is 41.4 Å². The van der Waals surface area contributed by atoms with Crippen molar-refractivity contribution in [3.8, 4) is 0 Å². The van der Waals surface area contributed by atoms with Crippen molar-refractivity contribution in [2.75, 3.05) is 0 Å². The van der Waals surface area contributed by atoms with E-state index in [0.717, 1.165) is 8.96 Å². The number of hydrogen-bond acceptors (Lipinski definition) is 0. The zero-order valence-corrected chi connectivity index (χ0v) is 12.5. The molecule has 0 aromatic heterocycles. The molecule has 0 nitrogen and oxygen atoms in total. The average molecular weight is 323 g/mol. The van der Waals surface area contributed by atoms with Crippen molar-refractivity contribution in [2.45, 2.75) is 17.8 Å². The Labute approximate surface area is 106 Å². The van der Waals surface area contributed by atoms with Crippen molar-refractivity contribution < 1.29 is 0 Å². The van der Waals surface area contributed by atoms with Gasteiger partial charge in [0.05, 0.1) is 0 Å². The first-order valence-corrected chi connectivity index (χ1v) is 8.57. The molecule has 0 aliphatic carbocycles. The molecule has 0 aliphatic heterocycles. The molecule has 0 N–H and O–H groups in total. The molecule has 0 saturated carbocycles. The predicted octanol–water partition coefficient (Wildman–Crippen LogP) is 3.65. The quantitative estimate of drug-likeness (QED) is 0.740. The van der Waals surface area contributed by atoms with Gasteiger partial charge in [0.2, 0.25) is 0 Å². The van der Waals surface area contributed by atoms with Crippen LogP contribution < -0.4 is 3.58 Å². The molecule has 0 aliphatic rings. The van der Waals surface area contributed by atoms with Crippen LogP contribution in [-0.2, 0) is 0 Å². The van der Waals surface area contributed by atoms with E-state index in [4.69, 9.17) is 11.6 Å². The van der Waals surface area contributed by atoms with E-state index in [1.54, 1.807) is 3.58 Å². The number of hydrogen-bond donors (Lipinski definition) is 0. The standard InChI is InChI=1S/C10H6Cl.C3H7.Sn/c11-10-6-5-8-3-1-2-4-9(8)7-10;1-3-2;/h1-2,4-7H;3H,1-2H3;. The average Bonchev–Trinajstić information content (AvgIpc) is 2.16. The van der Waals surface area contributed by atoms with Gasteiger partial charge >= 0.3 is 106 Å². The summed E-state index contributed by atoms with van der Waals surface area (Å²) in [5.74, 6) is 0. The maximum absolute atomic E-state index is 5.99. The minimum atomic E-state index is -0.440. The third-order valence-corrected chi connectivity index (χ3v) is 6.30. The molecule has 0 amide bonds. The van der Waals surface area contributed by atoms with Crippen LogP contribution in [0, 0.1) is 0 Å². The first-order valence-electron chi connectivity index (χ1n) is 5.11. The zero-order valence-electron chi connectivity index (χ0n) is 8.92. The minimum absolute atomic E-state index is 0.440. The third kappa shape index (κ3) is 2.67. The van der Waals surface area contributed by atoms with Gasteiger partial charge in [-0.25, -0.2) is 0 Å². The molecular formula is C13H13ClSn. The molecule has 0 heterocycles. The van der Waals surface area contributed by atoms with Crippen molar-refractivity contribution in [3.63, 3.8) is 0 Å². The summed E-state index contributed by atoms with van der Waals surface area (Å²) in [4.78, 5) is 0. The van der Waals surface area contributed by atoms with Gasteiger partial charge in [0.1, 0.15) is 0 Å². The van der Waals surface area contributed by atoms with E-state index < -0.39 is 21.1 Å². The molecule has 76 valence electrons. The Morgan fingerprint density at radius 1 is 1.13 bits per heavy atom. The van der Waals surface area contributed by atoms with Crippen LogP contribution in [0.3, 0.4) is 0 Å². The Kier molecular flexibility index (Phi) is 3.57. The van der Waals surface area contributed by atoms with Crippen LogP contribution in [0.1, 0.15) is 13.8 Å². The van der Waals surface area contributed by atoms with Crippen molar-refractivity contribution in [1.29, 1.82) is 0 Å². The van der Waals surface area contributed by atoms with Gasteiger partial charge in [-0.15, -0.1) is 0 Å². The van der Waals surface area contributed by atoms with Gasteiger partial charge in [0.15, 0.2) is 0 Å². The van der Waals surface area contributed by atoms with Gasteiger partial charge in [-0.05, 0) is 0 Å². The zero-order chi connectivity index (χ0) is 10.8. The van der Waals surface area contributed by atoms with Gasteiger partial charge in [-0.1, -0.05) is 0 Å². The topological polar surface area (TPSA) is 0 Å². The van der Waals surface area contributed by atoms with E-state index >= 15 is 0 Å². The Morgan fingerprint density at radius 2 is 1.93 bits per heavy atom. The number of benzene rings is 2. The first-order chi connectivity index (χ1) is 7.16. The fraction of sp³-hybridized carbons (Fsp3) is 0.231. The Balaban J connectivity index is 2.56. The molecule has 2 heteroatoms. The molecule has 0 spiro atoms. The monoisotopic (exact) mass is 324 g/mol. The number of rotatable bonds is 2. The van der Waals surface area contributed by atoms with E-state index in [-0.39, 0.29) is 0 Å². The van der Waals surface area contributed by atoms with Crippen molar-refractivity contribution >= 4 is 47.1 Å². The third-order valence-electron chi connectivity index (χ3n) is 2.29. The molecule has 2 rings (SSSR count). The van der Waals surface area contributed by atoms with Crippen LogP contribution >= 0.6 is 11.6 Å². The normalized spacial score (nSPS) is 11.2. The van der Waals surface area contributed by atoms with Crippen molar-refractivity contribution in [1.82, 2.24) is 0 Å². The summed E-state index contributed by atoms with van der Waals surface area (Å²) in [5.41, 5.74) is 0. The Bertz CT molecular complexity index is 477. The summed E-state index contributed by atoms with van der Waals surface area (Å²) in [6.07, 6.45) is 0. The molecule has 0 fully saturated rings. The molecule has 0 saturated heterocycles. The fourth-order valence-electron chi connectivity index (χ4n) is 1.69. The maximum atomic E-state index is 5.99. The molecule has 0 unspecified atom stereocenters. The molecule has 0 atom stereocenters. The predicted molar refractivity (Wildman–Crippen MR) is 69.4 cm³/mol. The summed E-state index contributed by atoms with van der Waals surface area (Å²) in [6, 6.07) is 12.8. The molecular weight excluding hydrogens is 310 g/mol. The van der Waals surface area contributed by atoms with Gasteiger partial charge in [-0.3, -0.25) is 0 Å².